The number of aromatic nitrogens is 2. The Hall–Kier alpha value is -8.88. The number of hydrogen-bond acceptors (Lipinski definition) is 11. The summed E-state index contributed by atoms with van der Waals surface area (Å²) < 4.78 is 28.1. The number of nitrogens with two attached hydrogens (primary N) is 1. The highest BCUT2D eigenvalue weighted by atomic mass is 32.1. The number of phenolic OH excluding ortho intramolecular Hbond substituents is 2. The lowest BCUT2D eigenvalue weighted by Gasteiger charge is -2.20. The quantitative estimate of drug-likeness (QED) is 0.0805. The van der Waals surface area contributed by atoms with Gasteiger partial charge in [-0.15, -0.1) is 22.7 Å². The molecule has 10 rings (SSSR count). The van der Waals surface area contributed by atoms with Crippen LogP contribution in [0.1, 0.15) is 79.7 Å². The Labute approximate surface area is 441 Å². The third-order valence-electron chi connectivity index (χ3n) is 12.1. The van der Waals surface area contributed by atoms with E-state index in [1.807, 2.05) is 97.1 Å². The van der Waals surface area contributed by atoms with E-state index in [2.05, 4.69) is 82.9 Å². The summed E-state index contributed by atoms with van der Waals surface area (Å²) in [6.07, 6.45) is 1.86. The summed E-state index contributed by atoms with van der Waals surface area (Å²) in [5.74, 6) is -1.20. The SMILES string of the molecule is CC(C)(C)c1cc(-c2ccc(C#N)cc2)c2nc(-c3ccccc3N)sc2c1.CC(C)(C)c1cc(-c2ccc(C#N)cc2)c2nc(-c3ccccc3N=Cc3cc(F)ccc3O)sc2c1.O=Cc1cc(F)ccc1O. The highest BCUT2D eigenvalue weighted by Crippen LogP contribution is 2.43. The molecule has 8 aromatic carbocycles. The number of nitrogens with zero attached hydrogens (tertiary/aromatic N) is 5. The summed E-state index contributed by atoms with van der Waals surface area (Å²) in [5.41, 5.74) is 19.4. The third-order valence-corrected chi connectivity index (χ3v) is 14.2. The Morgan fingerprint density at radius 3 is 1.45 bits per heavy atom. The smallest absolute Gasteiger partial charge is 0.153 e. The minimum absolute atomic E-state index is 0.0193. The zero-order valence-corrected chi connectivity index (χ0v) is 43.5. The van der Waals surface area contributed by atoms with Gasteiger partial charge < -0.3 is 15.9 Å². The number of aldehydes is 1. The molecule has 0 aliphatic carbocycles. The maximum absolute atomic E-state index is 13.7. The van der Waals surface area contributed by atoms with E-state index in [-0.39, 0.29) is 27.9 Å². The molecule has 0 atom stereocenters. The second-order valence-electron chi connectivity index (χ2n) is 19.5. The Morgan fingerprint density at radius 1 is 0.560 bits per heavy atom. The molecule has 4 N–H and O–H groups in total. The van der Waals surface area contributed by atoms with Crippen LogP contribution in [0.25, 0.3) is 63.8 Å². The van der Waals surface area contributed by atoms with Crippen LogP contribution in [0.3, 0.4) is 0 Å². The number of nitrogen functional groups attached to an aromatic ring is 1. The predicted octanol–water partition coefficient (Wildman–Crippen LogP) is 16.1. The Balaban J connectivity index is 0.000000172. The van der Waals surface area contributed by atoms with Gasteiger partial charge >= 0.3 is 0 Å². The molecular formula is C62H50F2N6O3S2. The first-order chi connectivity index (χ1) is 35.8. The van der Waals surface area contributed by atoms with Crippen LogP contribution in [0.2, 0.25) is 0 Å². The van der Waals surface area contributed by atoms with Gasteiger partial charge in [0, 0.05) is 39.7 Å². The van der Waals surface area contributed by atoms with Crippen molar-refractivity contribution in [2.24, 2.45) is 4.99 Å². The van der Waals surface area contributed by atoms with Crippen LogP contribution in [-0.2, 0) is 10.8 Å². The van der Waals surface area contributed by atoms with Crippen LogP contribution in [-0.4, -0.2) is 32.7 Å². The number of fused-ring (bicyclic) bond motifs is 2. The predicted molar refractivity (Wildman–Crippen MR) is 301 cm³/mol. The van der Waals surface area contributed by atoms with E-state index in [9.17, 15) is 23.9 Å². The van der Waals surface area contributed by atoms with Crippen LogP contribution in [0, 0.1) is 34.3 Å². The molecule has 2 aromatic heterocycles. The highest BCUT2D eigenvalue weighted by molar-refractivity contribution is 7.22. The molecule has 2 heterocycles. The van der Waals surface area contributed by atoms with Crippen molar-refractivity contribution in [1.29, 1.82) is 10.5 Å². The molecule has 0 saturated heterocycles. The van der Waals surface area contributed by atoms with Gasteiger partial charge in [-0.1, -0.05) is 90.1 Å². The van der Waals surface area contributed by atoms with E-state index >= 15 is 0 Å². The molecule has 0 amide bonds. The van der Waals surface area contributed by atoms with E-state index in [1.54, 1.807) is 22.7 Å². The fourth-order valence-corrected chi connectivity index (χ4v) is 10.0. The highest BCUT2D eigenvalue weighted by Gasteiger charge is 2.22. The van der Waals surface area contributed by atoms with Crippen LogP contribution in [0.15, 0.2) is 163 Å². The summed E-state index contributed by atoms with van der Waals surface area (Å²) in [4.78, 5) is 24.6. The van der Waals surface area contributed by atoms with Crippen LogP contribution >= 0.6 is 22.7 Å². The molecule has 13 heteroatoms. The second-order valence-corrected chi connectivity index (χ2v) is 21.6. The van der Waals surface area contributed by atoms with Gasteiger partial charge in [0.2, 0.25) is 0 Å². The maximum atomic E-state index is 13.7. The fourth-order valence-electron chi connectivity index (χ4n) is 7.89. The van der Waals surface area contributed by atoms with Crippen molar-refractivity contribution in [3.8, 4) is 67.0 Å². The second kappa shape index (κ2) is 22.1. The molecule has 0 bridgehead atoms. The lowest BCUT2D eigenvalue weighted by atomic mass is 9.85. The zero-order valence-electron chi connectivity index (χ0n) is 41.9. The number of anilines is 1. The minimum atomic E-state index is -0.528. The molecular weight excluding hydrogens is 979 g/mol. The van der Waals surface area contributed by atoms with E-state index in [0.717, 1.165) is 87.7 Å². The number of aliphatic imine (C=N–C) groups is 1. The molecule has 372 valence electrons. The number of phenols is 2. The van der Waals surface area contributed by atoms with Gasteiger partial charge in [0.05, 0.1) is 54.9 Å². The number of aromatic hydroxyl groups is 2. The van der Waals surface area contributed by atoms with Gasteiger partial charge in [0.15, 0.2) is 6.29 Å². The number of carbonyl (C=O) groups is 1. The summed E-state index contributed by atoms with van der Waals surface area (Å²) >= 11 is 3.26. The van der Waals surface area contributed by atoms with Gasteiger partial charge in [0.1, 0.15) is 33.1 Å². The van der Waals surface area contributed by atoms with E-state index < -0.39 is 11.6 Å². The first-order valence-electron chi connectivity index (χ1n) is 23.6. The normalized spacial score (nSPS) is 11.3. The van der Waals surface area contributed by atoms with E-state index in [0.29, 0.717) is 28.7 Å². The summed E-state index contributed by atoms with van der Waals surface area (Å²) in [7, 11) is 0. The molecule has 0 unspecified atom stereocenters. The number of hydrogen-bond donors (Lipinski definition) is 3. The molecule has 0 fully saturated rings. The van der Waals surface area contributed by atoms with Gasteiger partial charge in [-0.3, -0.25) is 9.79 Å². The van der Waals surface area contributed by atoms with Crippen molar-refractivity contribution in [1.82, 2.24) is 9.97 Å². The van der Waals surface area contributed by atoms with Crippen LogP contribution in [0.5, 0.6) is 11.5 Å². The Morgan fingerprint density at radius 2 is 1.00 bits per heavy atom. The van der Waals surface area contributed by atoms with Gasteiger partial charge in [-0.25, -0.2) is 18.7 Å². The average Bonchev–Trinajstić information content (AvgIpc) is 4.05. The lowest BCUT2D eigenvalue weighted by molar-refractivity contribution is 0.112. The minimum Gasteiger partial charge on any atom is -0.507 e. The number of rotatable bonds is 7. The maximum Gasteiger partial charge on any atom is 0.153 e. The number of para-hydroxylation sites is 2. The van der Waals surface area contributed by atoms with Crippen molar-refractivity contribution >= 4 is 67.0 Å². The van der Waals surface area contributed by atoms with Crippen LogP contribution in [0.4, 0.5) is 20.2 Å². The molecule has 10 aromatic rings. The number of benzene rings is 8. The largest absolute Gasteiger partial charge is 0.507 e. The lowest BCUT2D eigenvalue weighted by Crippen LogP contribution is -2.11. The topological polar surface area (TPSA) is 169 Å². The van der Waals surface area contributed by atoms with E-state index in [1.165, 1.54) is 35.5 Å². The summed E-state index contributed by atoms with van der Waals surface area (Å²) in [6.45, 7) is 13.2. The van der Waals surface area contributed by atoms with Gasteiger partial charge in [-0.2, -0.15) is 10.5 Å². The first-order valence-corrected chi connectivity index (χ1v) is 25.3. The van der Waals surface area contributed by atoms with Crippen molar-refractivity contribution in [2.45, 2.75) is 52.4 Å². The number of nitriles is 2. The number of thiazole rings is 2. The zero-order chi connectivity index (χ0) is 53.6. The van der Waals surface area contributed by atoms with Crippen LogP contribution < -0.4 is 5.73 Å². The van der Waals surface area contributed by atoms with Crippen molar-refractivity contribution in [2.75, 3.05) is 5.73 Å². The third kappa shape index (κ3) is 12.2. The van der Waals surface area contributed by atoms with Gasteiger partial charge in [-0.05, 0) is 142 Å². The number of halogens is 2. The standard InChI is InChI=1S/C31H24FN3OS.C24H21N3S.C7H5FO2/c1-31(2,3)22-15-25(20-10-8-19(17-33)9-11-20)29-28(16-22)37-30(35-29)24-6-4-5-7-26(24)34-18-21-14-23(32)12-13-27(21)36;1-24(2,3)17-12-19(16-10-8-15(14-25)9-11-16)22-21(13-17)28-23(27-22)18-6-4-5-7-20(18)26;8-6-1-2-7(10)5(3-6)4-9/h4-16,18,36H,1-3H3;4-13H,26H2,1-3H3;1-4,10H. The van der Waals surface area contributed by atoms with E-state index in [4.69, 9.17) is 26.1 Å². The molecule has 0 aliphatic rings. The fraction of sp³-hybridized carbons (Fsp3) is 0.129. The Bertz CT molecular complexity index is 3860. The van der Waals surface area contributed by atoms with Crippen molar-refractivity contribution < 1.29 is 23.8 Å². The van der Waals surface area contributed by atoms with Crippen molar-refractivity contribution in [3.05, 3.63) is 203 Å². The first kappa shape index (κ1) is 52.4. The molecule has 0 saturated carbocycles. The summed E-state index contributed by atoms with van der Waals surface area (Å²) in [5, 5.41) is 39.0. The number of carbonyl (C=O) groups excluding carboxylic acids is 1. The average molecular weight is 1030 g/mol. The Kier molecular flexibility index (Phi) is 15.4. The molecule has 0 aliphatic heterocycles. The monoisotopic (exact) mass is 1030 g/mol. The summed E-state index contributed by atoms with van der Waals surface area (Å²) in [6, 6.07) is 50.9. The van der Waals surface area contributed by atoms with Gasteiger partial charge in [0.25, 0.3) is 0 Å². The van der Waals surface area contributed by atoms with Crippen molar-refractivity contribution in [3.63, 3.8) is 0 Å². The molecule has 9 nitrogen and oxygen atoms in total. The molecule has 0 radical (unpaired) electrons. The molecule has 0 spiro atoms. The molecule has 75 heavy (non-hydrogen) atoms.